The molecule has 3 N–H and O–H groups in total. The molecule has 1 fully saturated rings. The number of thiophene rings is 1. The van der Waals surface area contributed by atoms with Crippen molar-refractivity contribution in [2.45, 2.75) is 33.3 Å². The molecule has 1 aliphatic heterocycles. The number of rotatable bonds is 4. The quantitative estimate of drug-likeness (QED) is 0.833. The van der Waals surface area contributed by atoms with Crippen molar-refractivity contribution in [3.05, 3.63) is 4.88 Å². The van der Waals surface area contributed by atoms with Crippen LogP contribution in [0.15, 0.2) is 0 Å². The number of ketones is 1. The van der Waals surface area contributed by atoms with Gasteiger partial charge in [0.05, 0.1) is 16.7 Å². The molecule has 0 spiro atoms. The van der Waals surface area contributed by atoms with E-state index in [0.717, 1.165) is 37.6 Å². The number of ether oxygens (including phenoxy) is 1. The summed E-state index contributed by atoms with van der Waals surface area (Å²) >= 11 is 1.45. The van der Waals surface area contributed by atoms with Gasteiger partial charge in [0.2, 0.25) is 0 Å². The van der Waals surface area contributed by atoms with Gasteiger partial charge in [-0.15, -0.1) is 11.3 Å². The normalized spacial score (nSPS) is 16.3. The van der Waals surface area contributed by atoms with E-state index in [1.54, 1.807) is 6.92 Å². The van der Waals surface area contributed by atoms with Crippen LogP contribution in [-0.4, -0.2) is 38.1 Å². The first kappa shape index (κ1) is 15.1. The van der Waals surface area contributed by atoms with Crippen LogP contribution in [0.25, 0.3) is 0 Å². The molecule has 1 saturated heterocycles. The summed E-state index contributed by atoms with van der Waals surface area (Å²) in [6.07, 6.45) is 1.12. The van der Waals surface area contributed by atoms with E-state index < -0.39 is 0 Å². The topological polar surface area (TPSA) is 67.6 Å². The predicted octanol–water partition coefficient (Wildman–Crippen LogP) is 2.12. The lowest BCUT2D eigenvalue weighted by Crippen LogP contribution is -2.27. The van der Waals surface area contributed by atoms with Gasteiger partial charge in [0.1, 0.15) is 5.00 Å². The summed E-state index contributed by atoms with van der Waals surface area (Å²) in [6, 6.07) is 0. The van der Waals surface area contributed by atoms with Crippen LogP contribution in [-0.2, 0) is 0 Å². The average molecular weight is 297 g/mol. The molecule has 20 heavy (non-hydrogen) atoms. The Morgan fingerprint density at radius 1 is 1.40 bits per heavy atom. The number of nitrogens with one attached hydrogen (secondary N) is 1. The summed E-state index contributed by atoms with van der Waals surface area (Å²) in [7, 11) is 0. The number of carbonyl (C=O) groups excluding carboxylic acids is 1. The van der Waals surface area contributed by atoms with Gasteiger partial charge in [-0.2, -0.15) is 0 Å². The fourth-order valence-electron chi connectivity index (χ4n) is 2.28. The molecule has 0 aromatic carbocycles. The largest absolute Gasteiger partial charge is 0.486 e. The first-order valence-corrected chi connectivity index (χ1v) is 7.88. The van der Waals surface area contributed by atoms with Crippen molar-refractivity contribution < 1.29 is 9.53 Å². The molecule has 112 valence electrons. The van der Waals surface area contributed by atoms with E-state index in [1.165, 1.54) is 11.3 Å². The number of hydrogen-bond donors (Lipinski definition) is 2. The van der Waals surface area contributed by atoms with Gasteiger partial charge < -0.3 is 20.7 Å². The van der Waals surface area contributed by atoms with Gasteiger partial charge in [-0.25, -0.2) is 0 Å². The SMILES string of the molecule is CC(=O)c1sc(N2CCCNCC2)c(OC(C)C)c1N. The molecule has 5 nitrogen and oxygen atoms in total. The van der Waals surface area contributed by atoms with Crippen LogP contribution in [0.5, 0.6) is 5.75 Å². The first-order chi connectivity index (χ1) is 9.50. The lowest BCUT2D eigenvalue weighted by molar-refractivity contribution is 0.102. The zero-order valence-corrected chi connectivity index (χ0v) is 13.2. The van der Waals surface area contributed by atoms with E-state index in [-0.39, 0.29) is 11.9 Å². The third kappa shape index (κ3) is 3.24. The van der Waals surface area contributed by atoms with E-state index in [4.69, 9.17) is 10.5 Å². The van der Waals surface area contributed by atoms with Crippen LogP contribution in [0.4, 0.5) is 10.7 Å². The van der Waals surface area contributed by atoms with Crippen LogP contribution < -0.4 is 20.7 Å². The molecule has 0 radical (unpaired) electrons. The maximum absolute atomic E-state index is 11.7. The highest BCUT2D eigenvalue weighted by Crippen LogP contribution is 2.45. The monoisotopic (exact) mass is 297 g/mol. The third-order valence-corrected chi connectivity index (χ3v) is 4.53. The minimum absolute atomic E-state index is 0.000281. The van der Waals surface area contributed by atoms with Crippen molar-refractivity contribution in [3.8, 4) is 5.75 Å². The highest BCUT2D eigenvalue weighted by Gasteiger charge is 2.25. The molecular weight excluding hydrogens is 274 g/mol. The van der Waals surface area contributed by atoms with Crippen molar-refractivity contribution in [2.24, 2.45) is 0 Å². The number of nitrogens with zero attached hydrogens (tertiary/aromatic N) is 1. The Bertz CT molecular complexity index is 477. The number of nitrogen functional groups attached to an aromatic ring is 1. The Morgan fingerprint density at radius 3 is 2.80 bits per heavy atom. The molecule has 0 amide bonds. The average Bonchev–Trinajstić information content (AvgIpc) is 2.57. The summed E-state index contributed by atoms with van der Waals surface area (Å²) < 4.78 is 5.87. The maximum Gasteiger partial charge on any atom is 0.177 e. The zero-order chi connectivity index (χ0) is 14.7. The fraction of sp³-hybridized carbons (Fsp3) is 0.643. The van der Waals surface area contributed by atoms with E-state index in [9.17, 15) is 4.79 Å². The second kappa shape index (κ2) is 6.45. The Kier molecular flexibility index (Phi) is 4.88. The lowest BCUT2D eigenvalue weighted by Gasteiger charge is -2.22. The maximum atomic E-state index is 11.7. The number of hydrogen-bond acceptors (Lipinski definition) is 6. The fourth-order valence-corrected chi connectivity index (χ4v) is 3.39. The van der Waals surface area contributed by atoms with E-state index in [0.29, 0.717) is 16.3 Å². The summed E-state index contributed by atoms with van der Waals surface area (Å²) in [6.45, 7) is 9.32. The molecule has 1 aliphatic rings. The minimum Gasteiger partial charge on any atom is -0.486 e. The van der Waals surface area contributed by atoms with E-state index in [2.05, 4.69) is 10.2 Å². The van der Waals surface area contributed by atoms with Gasteiger partial charge >= 0.3 is 0 Å². The predicted molar refractivity (Wildman–Crippen MR) is 84.2 cm³/mol. The Labute approximate surface area is 124 Å². The van der Waals surface area contributed by atoms with Crippen molar-refractivity contribution in [2.75, 3.05) is 36.8 Å². The summed E-state index contributed by atoms with van der Waals surface area (Å²) in [5.41, 5.74) is 6.61. The van der Waals surface area contributed by atoms with Crippen molar-refractivity contribution in [1.82, 2.24) is 5.32 Å². The number of carbonyl (C=O) groups is 1. The summed E-state index contributed by atoms with van der Waals surface area (Å²) in [5, 5.41) is 4.37. The lowest BCUT2D eigenvalue weighted by atomic mass is 10.3. The Morgan fingerprint density at radius 2 is 2.15 bits per heavy atom. The van der Waals surface area contributed by atoms with Gasteiger partial charge in [-0.05, 0) is 26.8 Å². The van der Waals surface area contributed by atoms with Gasteiger partial charge in [-0.1, -0.05) is 0 Å². The zero-order valence-electron chi connectivity index (χ0n) is 12.4. The van der Waals surface area contributed by atoms with Gasteiger partial charge in [0.15, 0.2) is 11.5 Å². The molecular formula is C14H23N3O2S. The van der Waals surface area contributed by atoms with Crippen LogP contribution in [0.2, 0.25) is 0 Å². The van der Waals surface area contributed by atoms with Crippen LogP contribution >= 0.6 is 11.3 Å². The molecule has 0 atom stereocenters. The molecule has 0 aliphatic carbocycles. The van der Waals surface area contributed by atoms with E-state index in [1.807, 2.05) is 13.8 Å². The molecule has 2 rings (SSSR count). The summed E-state index contributed by atoms with van der Waals surface area (Å²) in [4.78, 5) is 14.6. The molecule has 0 saturated carbocycles. The van der Waals surface area contributed by atoms with E-state index >= 15 is 0 Å². The van der Waals surface area contributed by atoms with Gasteiger partial charge in [0.25, 0.3) is 0 Å². The van der Waals surface area contributed by atoms with Crippen molar-refractivity contribution in [1.29, 1.82) is 0 Å². The minimum atomic E-state index is 0.000281. The van der Waals surface area contributed by atoms with Crippen LogP contribution in [0.1, 0.15) is 36.9 Å². The van der Waals surface area contributed by atoms with Crippen molar-refractivity contribution >= 4 is 27.8 Å². The molecule has 1 aromatic heterocycles. The Balaban J connectivity index is 2.38. The molecule has 0 bridgehead atoms. The number of nitrogens with two attached hydrogens (primary N) is 1. The molecule has 6 heteroatoms. The Hall–Kier alpha value is -1.27. The standard InChI is InChI=1S/C14H23N3O2S/c1-9(2)19-12-11(15)13(10(3)18)20-14(12)17-7-4-5-16-6-8-17/h9,16H,4-8,15H2,1-3H3. The second-order valence-electron chi connectivity index (χ2n) is 5.29. The molecule has 2 heterocycles. The highest BCUT2D eigenvalue weighted by atomic mass is 32.1. The highest BCUT2D eigenvalue weighted by molar-refractivity contribution is 7.19. The number of Topliss-reactive ketones (excluding diaryl/α,β-unsaturated/α-hetero) is 1. The molecule has 1 aromatic rings. The van der Waals surface area contributed by atoms with Gasteiger partial charge in [0, 0.05) is 26.6 Å². The smallest absolute Gasteiger partial charge is 0.177 e. The van der Waals surface area contributed by atoms with Crippen LogP contribution in [0, 0.1) is 0 Å². The third-order valence-electron chi connectivity index (χ3n) is 3.18. The number of anilines is 2. The van der Waals surface area contributed by atoms with Gasteiger partial charge in [-0.3, -0.25) is 4.79 Å². The molecule has 0 unspecified atom stereocenters. The first-order valence-electron chi connectivity index (χ1n) is 7.06. The van der Waals surface area contributed by atoms with Crippen LogP contribution in [0.3, 0.4) is 0 Å². The second-order valence-corrected chi connectivity index (χ2v) is 6.29. The van der Waals surface area contributed by atoms with Crippen molar-refractivity contribution in [3.63, 3.8) is 0 Å². The summed E-state index contributed by atoms with van der Waals surface area (Å²) in [5.74, 6) is 0.678.